The SMILES string of the molecule is CNCCc1ccccc1CN(C)Cc1csc(Br)c1. The van der Waals surface area contributed by atoms with Crippen LogP contribution in [0.2, 0.25) is 0 Å². The quantitative estimate of drug-likeness (QED) is 0.812. The fourth-order valence-corrected chi connectivity index (χ4v) is 3.50. The number of thiophene rings is 1. The summed E-state index contributed by atoms with van der Waals surface area (Å²) in [5, 5.41) is 5.44. The van der Waals surface area contributed by atoms with Crippen molar-refractivity contribution >= 4 is 27.3 Å². The minimum absolute atomic E-state index is 0.989. The van der Waals surface area contributed by atoms with E-state index < -0.39 is 0 Å². The molecule has 0 fully saturated rings. The molecule has 2 rings (SSSR count). The molecule has 0 spiro atoms. The van der Waals surface area contributed by atoms with Crippen LogP contribution in [0.4, 0.5) is 0 Å². The van der Waals surface area contributed by atoms with Crippen molar-refractivity contribution in [3.05, 3.63) is 56.2 Å². The Hall–Kier alpha value is -0.680. The van der Waals surface area contributed by atoms with Crippen molar-refractivity contribution in [3.8, 4) is 0 Å². The third kappa shape index (κ3) is 4.70. The average Bonchev–Trinajstić information content (AvgIpc) is 2.83. The van der Waals surface area contributed by atoms with Crippen molar-refractivity contribution in [3.63, 3.8) is 0 Å². The van der Waals surface area contributed by atoms with Gasteiger partial charge in [-0.2, -0.15) is 0 Å². The Morgan fingerprint density at radius 2 is 1.95 bits per heavy atom. The molecule has 4 heteroatoms. The molecule has 0 amide bonds. The predicted molar refractivity (Wildman–Crippen MR) is 91.3 cm³/mol. The van der Waals surface area contributed by atoms with Crippen molar-refractivity contribution in [2.24, 2.45) is 0 Å². The van der Waals surface area contributed by atoms with Crippen molar-refractivity contribution in [1.29, 1.82) is 0 Å². The van der Waals surface area contributed by atoms with E-state index in [1.165, 1.54) is 20.5 Å². The second-order valence-corrected chi connectivity index (χ2v) is 7.34. The van der Waals surface area contributed by atoms with Crippen molar-refractivity contribution in [2.75, 3.05) is 20.6 Å². The van der Waals surface area contributed by atoms with Gasteiger partial charge in [-0.3, -0.25) is 4.90 Å². The van der Waals surface area contributed by atoms with E-state index in [1.807, 2.05) is 7.05 Å². The van der Waals surface area contributed by atoms with Crippen LogP contribution in [0, 0.1) is 0 Å². The van der Waals surface area contributed by atoms with E-state index >= 15 is 0 Å². The topological polar surface area (TPSA) is 15.3 Å². The van der Waals surface area contributed by atoms with Crippen LogP contribution >= 0.6 is 27.3 Å². The summed E-state index contributed by atoms with van der Waals surface area (Å²) in [6, 6.07) is 10.9. The summed E-state index contributed by atoms with van der Waals surface area (Å²) in [6.45, 7) is 3.01. The lowest BCUT2D eigenvalue weighted by molar-refractivity contribution is 0.318. The number of halogens is 1. The van der Waals surface area contributed by atoms with Gasteiger partial charge in [0.25, 0.3) is 0 Å². The highest BCUT2D eigenvalue weighted by Crippen LogP contribution is 2.22. The lowest BCUT2D eigenvalue weighted by Gasteiger charge is -2.18. The lowest BCUT2D eigenvalue weighted by Crippen LogP contribution is -2.19. The highest BCUT2D eigenvalue weighted by molar-refractivity contribution is 9.11. The van der Waals surface area contributed by atoms with Crippen molar-refractivity contribution < 1.29 is 0 Å². The monoisotopic (exact) mass is 352 g/mol. The maximum Gasteiger partial charge on any atom is 0.0701 e. The first-order valence-corrected chi connectivity index (χ1v) is 8.49. The number of benzene rings is 1. The minimum Gasteiger partial charge on any atom is -0.319 e. The van der Waals surface area contributed by atoms with Gasteiger partial charge in [0, 0.05) is 13.1 Å². The summed E-state index contributed by atoms with van der Waals surface area (Å²) in [7, 11) is 4.18. The highest BCUT2D eigenvalue weighted by atomic mass is 79.9. The van der Waals surface area contributed by atoms with Gasteiger partial charge in [-0.05, 0) is 71.1 Å². The number of nitrogens with zero attached hydrogens (tertiary/aromatic N) is 1. The number of nitrogens with one attached hydrogen (secondary N) is 1. The second-order valence-electron chi connectivity index (χ2n) is 5.05. The van der Waals surface area contributed by atoms with Gasteiger partial charge >= 0.3 is 0 Å². The highest BCUT2D eigenvalue weighted by Gasteiger charge is 2.07. The van der Waals surface area contributed by atoms with Crippen LogP contribution < -0.4 is 5.32 Å². The van der Waals surface area contributed by atoms with Crippen molar-refractivity contribution in [2.45, 2.75) is 19.5 Å². The molecule has 108 valence electrons. The van der Waals surface area contributed by atoms with E-state index in [0.29, 0.717) is 0 Å². The van der Waals surface area contributed by atoms with Crippen LogP contribution in [0.15, 0.2) is 39.5 Å². The van der Waals surface area contributed by atoms with E-state index in [0.717, 1.165) is 26.1 Å². The van der Waals surface area contributed by atoms with Gasteiger partial charge in [0.15, 0.2) is 0 Å². The van der Waals surface area contributed by atoms with E-state index in [1.54, 1.807) is 11.3 Å². The Balaban J connectivity index is 1.98. The molecule has 20 heavy (non-hydrogen) atoms. The maximum absolute atomic E-state index is 3.52. The standard InChI is InChI=1S/C16H21BrN2S/c1-18-8-7-14-5-3-4-6-15(14)11-19(2)10-13-9-16(17)20-12-13/h3-6,9,12,18H,7-8,10-11H2,1-2H3. The molecule has 0 bridgehead atoms. The summed E-state index contributed by atoms with van der Waals surface area (Å²) in [4.78, 5) is 2.37. The number of hydrogen-bond acceptors (Lipinski definition) is 3. The van der Waals surface area contributed by atoms with E-state index in [-0.39, 0.29) is 0 Å². The molecule has 0 unspecified atom stereocenters. The Kier molecular flexibility index (Phi) is 6.23. The third-order valence-corrected chi connectivity index (χ3v) is 4.83. The first-order valence-electron chi connectivity index (χ1n) is 6.82. The van der Waals surface area contributed by atoms with Crippen LogP contribution in [0.5, 0.6) is 0 Å². The number of likely N-dealkylation sites (N-methyl/N-ethyl adjacent to an activating group) is 1. The zero-order valence-electron chi connectivity index (χ0n) is 12.0. The molecule has 0 atom stereocenters. The number of hydrogen-bond donors (Lipinski definition) is 1. The zero-order chi connectivity index (χ0) is 14.4. The smallest absolute Gasteiger partial charge is 0.0701 e. The summed E-state index contributed by atoms with van der Waals surface area (Å²) in [5.74, 6) is 0. The van der Waals surface area contributed by atoms with Crippen molar-refractivity contribution in [1.82, 2.24) is 10.2 Å². The fourth-order valence-electron chi connectivity index (χ4n) is 2.30. The third-order valence-electron chi connectivity index (χ3n) is 3.28. The predicted octanol–water partition coefficient (Wildman–Crippen LogP) is 3.90. The molecule has 1 heterocycles. The molecular weight excluding hydrogens is 332 g/mol. The van der Waals surface area contributed by atoms with E-state index in [2.05, 4.69) is 68.9 Å². The molecule has 0 aliphatic carbocycles. The van der Waals surface area contributed by atoms with Crippen LogP contribution in [-0.2, 0) is 19.5 Å². The van der Waals surface area contributed by atoms with Gasteiger partial charge < -0.3 is 5.32 Å². The second kappa shape index (κ2) is 7.93. The van der Waals surface area contributed by atoms with Crippen LogP contribution in [-0.4, -0.2) is 25.5 Å². The lowest BCUT2D eigenvalue weighted by atomic mass is 10.0. The van der Waals surface area contributed by atoms with Gasteiger partial charge in [-0.1, -0.05) is 24.3 Å². The molecule has 0 saturated carbocycles. The van der Waals surface area contributed by atoms with Gasteiger partial charge in [0.05, 0.1) is 3.79 Å². The Morgan fingerprint density at radius 3 is 2.60 bits per heavy atom. The molecule has 2 nitrogen and oxygen atoms in total. The summed E-state index contributed by atoms with van der Waals surface area (Å²) < 4.78 is 1.20. The first-order chi connectivity index (χ1) is 9.69. The van der Waals surface area contributed by atoms with Crippen LogP contribution in [0.3, 0.4) is 0 Å². The number of rotatable bonds is 7. The largest absolute Gasteiger partial charge is 0.319 e. The van der Waals surface area contributed by atoms with Gasteiger partial charge in [-0.25, -0.2) is 0 Å². The molecular formula is C16H21BrN2S. The van der Waals surface area contributed by atoms with E-state index in [9.17, 15) is 0 Å². The molecule has 0 radical (unpaired) electrons. The maximum atomic E-state index is 3.52. The Morgan fingerprint density at radius 1 is 1.20 bits per heavy atom. The molecule has 2 aromatic rings. The van der Waals surface area contributed by atoms with Gasteiger partial charge in [0.1, 0.15) is 0 Å². The minimum atomic E-state index is 0.989. The summed E-state index contributed by atoms with van der Waals surface area (Å²) in [5.41, 5.74) is 4.25. The molecule has 1 N–H and O–H groups in total. The molecule has 0 aliphatic rings. The zero-order valence-corrected chi connectivity index (χ0v) is 14.4. The summed E-state index contributed by atoms with van der Waals surface area (Å²) in [6.07, 6.45) is 1.09. The Labute approximate surface area is 133 Å². The normalized spacial score (nSPS) is 11.2. The first kappa shape index (κ1) is 15.7. The van der Waals surface area contributed by atoms with Crippen LogP contribution in [0.25, 0.3) is 0 Å². The fraction of sp³-hybridized carbons (Fsp3) is 0.375. The molecule has 0 saturated heterocycles. The van der Waals surface area contributed by atoms with Gasteiger partial charge in [-0.15, -0.1) is 11.3 Å². The molecule has 1 aromatic heterocycles. The molecule has 1 aromatic carbocycles. The van der Waals surface area contributed by atoms with E-state index in [4.69, 9.17) is 0 Å². The Bertz CT molecular complexity index is 539. The average molecular weight is 353 g/mol. The molecule has 0 aliphatic heterocycles. The van der Waals surface area contributed by atoms with Gasteiger partial charge in [0.2, 0.25) is 0 Å². The van der Waals surface area contributed by atoms with Crippen LogP contribution in [0.1, 0.15) is 16.7 Å². The summed E-state index contributed by atoms with van der Waals surface area (Å²) >= 11 is 5.27.